The lowest BCUT2D eigenvalue weighted by Crippen LogP contribution is -2.57. The van der Waals surface area contributed by atoms with Gasteiger partial charge in [-0.25, -0.2) is 4.98 Å². The molecule has 1 N–H and O–H groups in total. The third-order valence-corrected chi connectivity index (χ3v) is 2.49. The molecule has 1 fully saturated rings. The van der Waals surface area contributed by atoms with Crippen LogP contribution in [0.5, 0.6) is 0 Å². The topological polar surface area (TPSA) is 52.0 Å². The summed E-state index contributed by atoms with van der Waals surface area (Å²) in [5.74, 6) is 0.954. The quantitative estimate of drug-likeness (QED) is 0.869. The van der Waals surface area contributed by atoms with Gasteiger partial charge in [0.25, 0.3) is 0 Å². The van der Waals surface area contributed by atoms with Gasteiger partial charge in [-0.3, -0.25) is 0 Å². The first kappa shape index (κ1) is 15.0. The van der Waals surface area contributed by atoms with Crippen molar-refractivity contribution in [2.75, 3.05) is 25.0 Å². The van der Waals surface area contributed by atoms with Gasteiger partial charge in [-0.05, 0) is 19.2 Å². The maximum absolute atomic E-state index is 8.60. The number of nitrogens with zero attached hydrogens (tertiary/aromatic N) is 3. The number of hydrogen-bond acceptors (Lipinski definition) is 4. The minimum absolute atomic E-state index is 0. The van der Waals surface area contributed by atoms with Gasteiger partial charge in [0, 0.05) is 25.3 Å². The van der Waals surface area contributed by atoms with E-state index in [1.165, 1.54) is 0 Å². The van der Waals surface area contributed by atoms with Gasteiger partial charge < -0.3 is 10.2 Å². The fourth-order valence-electron chi connectivity index (χ4n) is 1.49. The monoisotopic (exact) mass is 260 g/mol. The Labute approximate surface area is 107 Å². The highest BCUT2D eigenvalue weighted by Gasteiger charge is 2.25. The van der Waals surface area contributed by atoms with Crippen molar-refractivity contribution in [3.05, 3.63) is 23.9 Å². The van der Waals surface area contributed by atoms with Gasteiger partial charge in [0.2, 0.25) is 0 Å². The van der Waals surface area contributed by atoms with E-state index in [9.17, 15) is 0 Å². The summed E-state index contributed by atoms with van der Waals surface area (Å²) in [4.78, 5) is 6.40. The maximum Gasteiger partial charge on any atom is 0.128 e. The first-order chi connectivity index (χ1) is 6.83. The minimum Gasteiger partial charge on any atom is -0.353 e. The van der Waals surface area contributed by atoms with E-state index in [4.69, 9.17) is 5.26 Å². The van der Waals surface area contributed by atoms with Crippen LogP contribution in [0.2, 0.25) is 0 Å². The summed E-state index contributed by atoms with van der Waals surface area (Å²) < 4.78 is 0. The molecule has 0 amide bonds. The van der Waals surface area contributed by atoms with Crippen LogP contribution < -0.4 is 10.2 Å². The number of likely N-dealkylation sites (N-methyl/N-ethyl adjacent to an activating group) is 1. The fourth-order valence-corrected chi connectivity index (χ4v) is 1.49. The molecule has 0 aliphatic carbocycles. The van der Waals surface area contributed by atoms with Gasteiger partial charge in [0.15, 0.2) is 0 Å². The van der Waals surface area contributed by atoms with Crippen molar-refractivity contribution in [2.45, 2.75) is 6.04 Å². The van der Waals surface area contributed by atoms with Crippen molar-refractivity contribution in [1.82, 2.24) is 10.3 Å². The zero-order valence-corrected chi connectivity index (χ0v) is 10.5. The molecule has 1 aromatic heterocycles. The van der Waals surface area contributed by atoms with E-state index in [-0.39, 0.29) is 24.8 Å². The Kier molecular flexibility index (Phi) is 6.12. The van der Waals surface area contributed by atoms with Crippen molar-refractivity contribution in [2.24, 2.45) is 0 Å². The van der Waals surface area contributed by atoms with Gasteiger partial charge in [-0.2, -0.15) is 5.26 Å². The fraction of sp³-hybridized carbons (Fsp3) is 0.400. The molecule has 4 nitrogen and oxygen atoms in total. The Morgan fingerprint density at radius 3 is 2.56 bits per heavy atom. The first-order valence-corrected chi connectivity index (χ1v) is 4.62. The van der Waals surface area contributed by atoms with Crippen LogP contribution in [0, 0.1) is 11.3 Å². The van der Waals surface area contributed by atoms with Crippen molar-refractivity contribution in [1.29, 1.82) is 5.26 Å². The van der Waals surface area contributed by atoms with Crippen molar-refractivity contribution < 1.29 is 0 Å². The van der Waals surface area contributed by atoms with Crippen LogP contribution in [0.15, 0.2) is 18.3 Å². The van der Waals surface area contributed by atoms with E-state index in [1.807, 2.05) is 13.1 Å². The highest BCUT2D eigenvalue weighted by Crippen LogP contribution is 2.17. The van der Waals surface area contributed by atoms with E-state index in [1.54, 1.807) is 12.3 Å². The molecule has 0 unspecified atom stereocenters. The summed E-state index contributed by atoms with van der Waals surface area (Å²) in [6.07, 6.45) is 1.61. The molecule has 2 heterocycles. The lowest BCUT2D eigenvalue weighted by atomic mass is 10.1. The van der Waals surface area contributed by atoms with Gasteiger partial charge >= 0.3 is 0 Å². The SMILES string of the molecule is CNC1CN(c2ccc(C#N)cn2)C1.Cl.Cl. The average molecular weight is 261 g/mol. The van der Waals surface area contributed by atoms with Gasteiger partial charge in [-0.15, -0.1) is 24.8 Å². The molecule has 1 aromatic rings. The van der Waals surface area contributed by atoms with Crippen LogP contribution in [-0.2, 0) is 0 Å². The molecule has 0 atom stereocenters. The highest BCUT2D eigenvalue weighted by atomic mass is 35.5. The number of anilines is 1. The van der Waals surface area contributed by atoms with Crippen molar-refractivity contribution >= 4 is 30.6 Å². The minimum atomic E-state index is 0. The summed E-state index contributed by atoms with van der Waals surface area (Å²) in [7, 11) is 1.97. The van der Waals surface area contributed by atoms with Crippen molar-refractivity contribution in [3.63, 3.8) is 0 Å². The van der Waals surface area contributed by atoms with E-state index in [0.717, 1.165) is 18.9 Å². The largest absolute Gasteiger partial charge is 0.353 e. The summed E-state index contributed by atoms with van der Waals surface area (Å²) in [6, 6.07) is 6.33. The zero-order valence-electron chi connectivity index (χ0n) is 8.88. The van der Waals surface area contributed by atoms with Gasteiger partial charge in [-0.1, -0.05) is 0 Å². The number of hydrogen-bond donors (Lipinski definition) is 1. The number of rotatable bonds is 2. The molecule has 6 heteroatoms. The number of nitriles is 1. The number of halogens is 2. The zero-order chi connectivity index (χ0) is 9.97. The molecule has 0 radical (unpaired) electrons. The average Bonchev–Trinajstić information content (AvgIpc) is 2.17. The van der Waals surface area contributed by atoms with E-state index in [2.05, 4.69) is 21.3 Å². The second-order valence-electron chi connectivity index (χ2n) is 3.41. The lowest BCUT2D eigenvalue weighted by molar-refractivity contribution is 0.447. The molecular weight excluding hydrogens is 247 g/mol. The molecule has 2 rings (SSSR count). The summed E-state index contributed by atoms with van der Waals surface area (Å²) >= 11 is 0. The number of nitrogens with one attached hydrogen (secondary N) is 1. The van der Waals surface area contributed by atoms with Gasteiger partial charge in [0.1, 0.15) is 11.9 Å². The van der Waals surface area contributed by atoms with Crippen LogP contribution in [0.25, 0.3) is 0 Å². The second kappa shape index (κ2) is 6.54. The Morgan fingerprint density at radius 1 is 1.44 bits per heavy atom. The van der Waals surface area contributed by atoms with Crippen LogP contribution in [0.4, 0.5) is 5.82 Å². The Bertz CT molecular complexity index is 354. The Morgan fingerprint density at radius 2 is 2.12 bits per heavy atom. The van der Waals surface area contributed by atoms with E-state index >= 15 is 0 Å². The molecule has 0 saturated carbocycles. The van der Waals surface area contributed by atoms with Crippen LogP contribution in [-0.4, -0.2) is 31.2 Å². The Hall–Kier alpha value is -1.02. The molecule has 0 bridgehead atoms. The second-order valence-corrected chi connectivity index (χ2v) is 3.41. The van der Waals surface area contributed by atoms with Crippen LogP contribution >= 0.6 is 24.8 Å². The molecular formula is C10H14Cl2N4. The number of pyridine rings is 1. The predicted molar refractivity (Wildman–Crippen MR) is 68.5 cm³/mol. The van der Waals surface area contributed by atoms with Crippen LogP contribution in [0.1, 0.15) is 5.56 Å². The smallest absolute Gasteiger partial charge is 0.128 e. The number of aromatic nitrogens is 1. The summed E-state index contributed by atoms with van der Waals surface area (Å²) in [5, 5.41) is 11.8. The molecule has 16 heavy (non-hydrogen) atoms. The van der Waals surface area contributed by atoms with Crippen LogP contribution in [0.3, 0.4) is 0 Å². The normalized spacial score (nSPS) is 14.1. The lowest BCUT2D eigenvalue weighted by Gasteiger charge is -2.39. The van der Waals surface area contributed by atoms with E-state index in [0.29, 0.717) is 11.6 Å². The molecule has 1 aliphatic rings. The predicted octanol–water partition coefficient (Wildman–Crippen LogP) is 1.20. The summed E-state index contributed by atoms with van der Waals surface area (Å²) in [5.41, 5.74) is 0.611. The summed E-state index contributed by atoms with van der Waals surface area (Å²) in [6.45, 7) is 1.99. The molecule has 1 aliphatic heterocycles. The van der Waals surface area contributed by atoms with E-state index < -0.39 is 0 Å². The standard InChI is InChI=1S/C10H12N4.2ClH/c1-12-9-6-14(7-9)10-3-2-8(4-11)5-13-10;;/h2-3,5,9,12H,6-7H2,1H3;2*1H. The molecule has 0 spiro atoms. The van der Waals surface area contributed by atoms with Crippen molar-refractivity contribution in [3.8, 4) is 6.07 Å². The maximum atomic E-state index is 8.60. The Balaban J connectivity index is 0.00000112. The third-order valence-electron chi connectivity index (χ3n) is 2.49. The molecule has 1 saturated heterocycles. The van der Waals surface area contributed by atoms with Gasteiger partial charge in [0.05, 0.1) is 5.56 Å². The molecule has 0 aromatic carbocycles. The third kappa shape index (κ3) is 2.99. The highest BCUT2D eigenvalue weighted by molar-refractivity contribution is 5.85. The first-order valence-electron chi connectivity index (χ1n) is 4.62. The molecule has 88 valence electrons.